The van der Waals surface area contributed by atoms with Crippen LogP contribution in [-0.2, 0) is 4.79 Å². The third-order valence-electron chi connectivity index (χ3n) is 1.92. The first-order valence-corrected chi connectivity index (χ1v) is 4.21. The Bertz CT molecular complexity index is 275. The average Bonchev–Trinajstić information content (AvgIpc) is 2.19. The number of nitrogens with one attached hydrogen (secondary N) is 1. The quantitative estimate of drug-likeness (QED) is 0.427. The Labute approximate surface area is 77.8 Å². The standard InChI is InChI=1S/C9H14N3O/c1-3-12(2,8-13)11-9-6-4-5-7-10-9/h4-8H,3H2,1-2H3,(H,10,11)/q+1. The van der Waals surface area contributed by atoms with E-state index < -0.39 is 0 Å². The normalized spacial score (nSPS) is 14.6. The van der Waals surface area contributed by atoms with Crippen molar-refractivity contribution in [3.05, 3.63) is 24.4 Å². The topological polar surface area (TPSA) is 42.0 Å². The predicted molar refractivity (Wildman–Crippen MR) is 50.6 cm³/mol. The van der Waals surface area contributed by atoms with Crippen LogP contribution in [0.5, 0.6) is 0 Å². The van der Waals surface area contributed by atoms with E-state index in [0.29, 0.717) is 12.4 Å². The summed E-state index contributed by atoms with van der Waals surface area (Å²) in [6, 6.07) is 5.54. The number of amides is 1. The van der Waals surface area contributed by atoms with Crippen molar-refractivity contribution < 1.29 is 9.39 Å². The molecule has 0 spiro atoms. The highest BCUT2D eigenvalue weighted by Gasteiger charge is 2.18. The van der Waals surface area contributed by atoms with Crippen LogP contribution in [-0.4, -0.2) is 29.6 Å². The Hall–Kier alpha value is -1.42. The van der Waals surface area contributed by atoms with E-state index in [-0.39, 0.29) is 4.59 Å². The molecule has 0 radical (unpaired) electrons. The molecule has 1 heterocycles. The van der Waals surface area contributed by atoms with Crippen LogP contribution in [0.4, 0.5) is 5.82 Å². The summed E-state index contributed by atoms with van der Waals surface area (Å²) >= 11 is 0. The first kappa shape index (κ1) is 9.67. The lowest BCUT2D eigenvalue weighted by Crippen LogP contribution is -2.47. The second kappa shape index (κ2) is 4.00. The highest BCUT2D eigenvalue weighted by atomic mass is 16.2. The molecule has 0 saturated heterocycles. The monoisotopic (exact) mass is 180 g/mol. The Balaban J connectivity index is 2.73. The molecule has 1 rings (SSSR count). The molecule has 1 N–H and O–H groups in total. The number of aromatic nitrogens is 1. The SMILES string of the molecule is CC[N+](C)(C=O)Nc1ccccn1. The highest BCUT2D eigenvalue weighted by molar-refractivity contribution is 5.41. The molecule has 0 aliphatic heterocycles. The van der Waals surface area contributed by atoms with Crippen molar-refractivity contribution in [3.8, 4) is 0 Å². The Morgan fingerprint density at radius 2 is 2.38 bits per heavy atom. The summed E-state index contributed by atoms with van der Waals surface area (Å²) < 4.78 is 0.136. The summed E-state index contributed by atoms with van der Waals surface area (Å²) in [4.78, 5) is 14.8. The van der Waals surface area contributed by atoms with Crippen LogP contribution in [0.25, 0.3) is 0 Å². The second-order valence-corrected chi connectivity index (χ2v) is 3.02. The van der Waals surface area contributed by atoms with E-state index in [1.54, 1.807) is 13.2 Å². The van der Waals surface area contributed by atoms with E-state index in [0.717, 1.165) is 6.41 Å². The van der Waals surface area contributed by atoms with E-state index in [1.807, 2.05) is 25.1 Å². The van der Waals surface area contributed by atoms with Crippen molar-refractivity contribution in [2.75, 3.05) is 19.0 Å². The molecule has 1 unspecified atom stereocenters. The molecule has 1 aromatic rings. The molecule has 1 atom stereocenters. The molecule has 0 saturated carbocycles. The Morgan fingerprint density at radius 1 is 1.62 bits per heavy atom. The fourth-order valence-corrected chi connectivity index (χ4v) is 0.871. The molecule has 1 aromatic heterocycles. The summed E-state index contributed by atoms with van der Waals surface area (Å²) in [6.07, 6.45) is 2.54. The van der Waals surface area contributed by atoms with Crippen LogP contribution in [0.3, 0.4) is 0 Å². The van der Waals surface area contributed by atoms with Gasteiger partial charge < -0.3 is 0 Å². The third-order valence-corrected chi connectivity index (χ3v) is 1.92. The predicted octanol–water partition coefficient (Wildman–Crippen LogP) is 1.03. The lowest BCUT2D eigenvalue weighted by Gasteiger charge is -2.25. The summed E-state index contributed by atoms with van der Waals surface area (Å²) in [6.45, 7) is 2.62. The highest BCUT2D eigenvalue weighted by Crippen LogP contribution is 2.05. The van der Waals surface area contributed by atoms with Gasteiger partial charge in [0.05, 0.1) is 7.05 Å². The van der Waals surface area contributed by atoms with Crippen LogP contribution in [0.15, 0.2) is 24.4 Å². The maximum atomic E-state index is 10.7. The van der Waals surface area contributed by atoms with Crippen molar-refractivity contribution in [2.24, 2.45) is 0 Å². The number of hydrogen-bond acceptors (Lipinski definition) is 3. The van der Waals surface area contributed by atoms with Crippen LogP contribution in [0.1, 0.15) is 6.92 Å². The summed E-state index contributed by atoms with van der Waals surface area (Å²) in [5, 5.41) is 0. The van der Waals surface area contributed by atoms with Gasteiger partial charge in [0, 0.05) is 6.20 Å². The van der Waals surface area contributed by atoms with Crippen LogP contribution in [0, 0.1) is 0 Å². The van der Waals surface area contributed by atoms with Crippen molar-refractivity contribution in [1.82, 2.24) is 4.98 Å². The molecule has 0 fully saturated rings. The molecule has 4 nitrogen and oxygen atoms in total. The Kier molecular flexibility index (Phi) is 2.97. The van der Waals surface area contributed by atoms with Gasteiger partial charge in [-0.25, -0.2) is 15.2 Å². The number of rotatable bonds is 4. The number of quaternary nitrogens is 1. The van der Waals surface area contributed by atoms with Crippen LogP contribution < -0.4 is 5.43 Å². The fraction of sp³-hybridized carbons (Fsp3) is 0.333. The van der Waals surface area contributed by atoms with Crippen molar-refractivity contribution in [3.63, 3.8) is 0 Å². The lowest BCUT2D eigenvalue weighted by molar-refractivity contribution is -0.800. The van der Waals surface area contributed by atoms with Gasteiger partial charge in [0.15, 0.2) is 5.82 Å². The molecule has 0 aliphatic carbocycles. The van der Waals surface area contributed by atoms with Gasteiger partial charge in [-0.3, -0.25) is 0 Å². The maximum absolute atomic E-state index is 10.7. The number of anilines is 1. The lowest BCUT2D eigenvalue weighted by atomic mass is 10.5. The summed E-state index contributed by atoms with van der Waals surface area (Å²) in [7, 11) is 1.79. The van der Waals surface area contributed by atoms with Crippen LogP contribution >= 0.6 is 0 Å². The van der Waals surface area contributed by atoms with Crippen molar-refractivity contribution in [2.45, 2.75) is 6.92 Å². The van der Waals surface area contributed by atoms with Gasteiger partial charge in [0.25, 0.3) is 0 Å². The molecule has 13 heavy (non-hydrogen) atoms. The van der Waals surface area contributed by atoms with Gasteiger partial charge in [0.2, 0.25) is 0 Å². The van der Waals surface area contributed by atoms with Gasteiger partial charge in [0.1, 0.15) is 6.54 Å². The van der Waals surface area contributed by atoms with Gasteiger partial charge in [-0.15, -0.1) is 0 Å². The van der Waals surface area contributed by atoms with E-state index >= 15 is 0 Å². The molecular weight excluding hydrogens is 166 g/mol. The van der Waals surface area contributed by atoms with Gasteiger partial charge in [-0.1, -0.05) is 6.07 Å². The number of pyridine rings is 1. The fourth-order valence-electron chi connectivity index (χ4n) is 0.871. The average molecular weight is 180 g/mol. The van der Waals surface area contributed by atoms with Crippen LogP contribution in [0.2, 0.25) is 0 Å². The maximum Gasteiger partial charge on any atom is 0.325 e. The number of hydrogen-bond donors (Lipinski definition) is 1. The zero-order valence-electron chi connectivity index (χ0n) is 7.90. The first-order chi connectivity index (χ1) is 6.20. The zero-order valence-corrected chi connectivity index (χ0v) is 7.90. The number of nitrogens with zero attached hydrogens (tertiary/aromatic N) is 2. The number of carbonyl (C=O) groups is 1. The smallest absolute Gasteiger partial charge is 0.235 e. The minimum atomic E-state index is 0.136. The van der Waals surface area contributed by atoms with E-state index in [2.05, 4.69) is 10.4 Å². The molecule has 0 aliphatic rings. The molecular formula is C9H14N3O+. The van der Waals surface area contributed by atoms with Gasteiger partial charge >= 0.3 is 6.41 Å². The van der Waals surface area contributed by atoms with Gasteiger partial charge in [-0.2, -0.15) is 4.59 Å². The summed E-state index contributed by atoms with van der Waals surface area (Å²) in [5.41, 5.74) is 3.01. The molecule has 4 heteroatoms. The van der Waals surface area contributed by atoms with Crippen molar-refractivity contribution >= 4 is 12.2 Å². The van der Waals surface area contributed by atoms with E-state index in [4.69, 9.17) is 0 Å². The minimum absolute atomic E-state index is 0.136. The molecule has 1 amide bonds. The third kappa shape index (κ3) is 2.52. The van der Waals surface area contributed by atoms with Gasteiger partial charge in [-0.05, 0) is 19.1 Å². The zero-order chi connectivity index (χ0) is 9.73. The second-order valence-electron chi connectivity index (χ2n) is 3.02. The van der Waals surface area contributed by atoms with E-state index in [9.17, 15) is 4.79 Å². The molecule has 0 aromatic carbocycles. The minimum Gasteiger partial charge on any atom is -0.235 e. The number of carbonyl (C=O) groups excluding carboxylic acids is 1. The Morgan fingerprint density at radius 3 is 2.85 bits per heavy atom. The molecule has 0 bridgehead atoms. The first-order valence-electron chi connectivity index (χ1n) is 4.21. The van der Waals surface area contributed by atoms with E-state index in [1.165, 1.54) is 0 Å². The summed E-state index contributed by atoms with van der Waals surface area (Å²) in [5.74, 6) is 0.707. The van der Waals surface area contributed by atoms with Crippen molar-refractivity contribution in [1.29, 1.82) is 0 Å². The molecule has 70 valence electrons. The largest absolute Gasteiger partial charge is 0.325 e.